The first-order chi connectivity index (χ1) is 14.9. The van der Waals surface area contributed by atoms with Crippen LogP contribution in [0.15, 0.2) is 45.1 Å². The average molecular weight is 440 g/mol. The molecule has 4 rings (SSSR count). The van der Waals surface area contributed by atoms with Crippen molar-refractivity contribution in [3.8, 4) is 11.5 Å². The first-order valence-corrected chi connectivity index (χ1v) is 11.2. The van der Waals surface area contributed by atoms with Gasteiger partial charge in [0.05, 0.1) is 24.8 Å². The zero-order valence-electron chi connectivity index (χ0n) is 18.7. The maximum absolute atomic E-state index is 5.43. The quantitative estimate of drug-likeness (QED) is 0.628. The van der Waals surface area contributed by atoms with Crippen molar-refractivity contribution in [3.05, 3.63) is 40.7 Å². The van der Waals surface area contributed by atoms with Gasteiger partial charge in [-0.25, -0.2) is 9.97 Å². The summed E-state index contributed by atoms with van der Waals surface area (Å²) in [6.07, 6.45) is 4.37. The Morgan fingerprint density at radius 2 is 1.97 bits per heavy atom. The molecule has 1 aromatic heterocycles. The highest BCUT2D eigenvalue weighted by Gasteiger charge is 2.35. The molecule has 31 heavy (non-hydrogen) atoms. The molecule has 2 aromatic rings. The maximum atomic E-state index is 5.43. The number of fused-ring (bicyclic) bond motifs is 1. The van der Waals surface area contributed by atoms with Crippen LogP contribution in [0.3, 0.4) is 0 Å². The summed E-state index contributed by atoms with van der Waals surface area (Å²) in [5, 5.41) is 7.69. The van der Waals surface area contributed by atoms with Gasteiger partial charge in [0.1, 0.15) is 17.0 Å². The number of anilines is 2. The number of nitrogens with one attached hydrogen (secondary N) is 2. The molecule has 2 N–H and O–H groups in total. The van der Waals surface area contributed by atoms with Crippen molar-refractivity contribution in [2.75, 3.05) is 38.4 Å². The van der Waals surface area contributed by atoms with Gasteiger partial charge >= 0.3 is 0 Å². The van der Waals surface area contributed by atoms with Crippen molar-refractivity contribution in [1.29, 1.82) is 0 Å². The molecule has 164 valence electrons. The molecule has 0 amide bonds. The molecule has 0 radical (unpaired) electrons. The standard InChI is InChI=1S/C23H29N5O2S/c1-23(2)11-15(25-9-8-14-6-7-17(29-4)18(10-14)30-5)20-16(12-23)28-19-21(24-3)26-13-27-22(19)31-20/h6-7,10,13,28H,8-9,11-12H2,1-5H3,(H,24,26,27). The summed E-state index contributed by atoms with van der Waals surface area (Å²) < 4.78 is 10.8. The number of aromatic nitrogens is 2. The van der Waals surface area contributed by atoms with Crippen molar-refractivity contribution in [2.24, 2.45) is 10.4 Å². The van der Waals surface area contributed by atoms with Crippen LogP contribution in [0.2, 0.25) is 0 Å². The van der Waals surface area contributed by atoms with Gasteiger partial charge in [0.2, 0.25) is 0 Å². The average Bonchev–Trinajstić information content (AvgIpc) is 2.76. The first kappa shape index (κ1) is 21.5. The fourth-order valence-corrected chi connectivity index (χ4v) is 5.07. The van der Waals surface area contributed by atoms with Crippen molar-refractivity contribution in [2.45, 2.75) is 38.1 Å². The van der Waals surface area contributed by atoms with Gasteiger partial charge in [-0.15, -0.1) is 0 Å². The van der Waals surface area contributed by atoms with Crippen LogP contribution in [0.5, 0.6) is 11.5 Å². The molecular weight excluding hydrogens is 410 g/mol. The van der Waals surface area contributed by atoms with Gasteiger partial charge in [-0.3, -0.25) is 4.99 Å². The third kappa shape index (κ3) is 4.49. The molecule has 0 bridgehead atoms. The smallest absolute Gasteiger partial charge is 0.160 e. The lowest BCUT2D eigenvalue weighted by molar-refractivity contribution is 0.354. The van der Waals surface area contributed by atoms with Gasteiger partial charge in [0.25, 0.3) is 0 Å². The van der Waals surface area contributed by atoms with Gasteiger partial charge in [0.15, 0.2) is 17.3 Å². The van der Waals surface area contributed by atoms with E-state index in [-0.39, 0.29) is 5.41 Å². The fraction of sp³-hybridized carbons (Fsp3) is 0.435. The minimum absolute atomic E-state index is 0.140. The zero-order valence-corrected chi connectivity index (χ0v) is 19.5. The molecule has 0 saturated heterocycles. The summed E-state index contributed by atoms with van der Waals surface area (Å²) >= 11 is 1.70. The van der Waals surface area contributed by atoms with Crippen molar-refractivity contribution >= 4 is 29.0 Å². The highest BCUT2D eigenvalue weighted by molar-refractivity contribution is 8.04. The van der Waals surface area contributed by atoms with E-state index in [0.717, 1.165) is 59.5 Å². The Bertz CT molecular complexity index is 1050. The normalized spacial score (nSPS) is 18.2. The number of allylic oxidation sites excluding steroid dienone is 2. The van der Waals surface area contributed by atoms with Crippen molar-refractivity contribution < 1.29 is 9.47 Å². The monoisotopic (exact) mass is 439 g/mol. The van der Waals surface area contributed by atoms with Gasteiger partial charge in [-0.2, -0.15) is 0 Å². The Balaban J connectivity index is 1.57. The molecule has 1 aliphatic carbocycles. The minimum atomic E-state index is 0.140. The van der Waals surface area contributed by atoms with Crippen LogP contribution in [0, 0.1) is 5.41 Å². The topological polar surface area (TPSA) is 80.7 Å². The number of hydrogen-bond donors (Lipinski definition) is 2. The molecule has 8 heteroatoms. The summed E-state index contributed by atoms with van der Waals surface area (Å²) in [4.78, 5) is 15.1. The number of benzene rings is 1. The molecule has 1 aromatic carbocycles. The van der Waals surface area contributed by atoms with E-state index in [9.17, 15) is 0 Å². The lowest BCUT2D eigenvalue weighted by atomic mass is 9.78. The largest absolute Gasteiger partial charge is 0.493 e. The van der Waals surface area contributed by atoms with E-state index >= 15 is 0 Å². The number of nitrogens with zero attached hydrogens (tertiary/aromatic N) is 3. The predicted molar refractivity (Wildman–Crippen MR) is 127 cm³/mol. The SMILES string of the molecule is CNc1ncnc2c1NC1=C(S2)C(=NCCc2ccc(OC)c(OC)c2)CC(C)(C)C1. The third-order valence-corrected chi connectivity index (χ3v) is 6.70. The molecule has 2 heterocycles. The summed E-state index contributed by atoms with van der Waals surface area (Å²) in [5.74, 6) is 2.31. The lowest BCUT2D eigenvalue weighted by Crippen LogP contribution is -2.30. The van der Waals surface area contributed by atoms with E-state index < -0.39 is 0 Å². The van der Waals surface area contributed by atoms with E-state index in [1.807, 2.05) is 19.2 Å². The highest BCUT2D eigenvalue weighted by atomic mass is 32.2. The Hall–Kier alpha value is -2.74. The van der Waals surface area contributed by atoms with Crippen LogP contribution in [0.1, 0.15) is 32.3 Å². The minimum Gasteiger partial charge on any atom is -0.493 e. The van der Waals surface area contributed by atoms with E-state index in [1.54, 1.807) is 32.3 Å². The van der Waals surface area contributed by atoms with E-state index in [4.69, 9.17) is 14.5 Å². The summed E-state index contributed by atoms with van der Waals surface area (Å²) in [7, 11) is 5.19. The van der Waals surface area contributed by atoms with Crippen LogP contribution < -0.4 is 20.1 Å². The van der Waals surface area contributed by atoms with Gasteiger partial charge in [-0.05, 0) is 42.4 Å². The second kappa shape index (κ2) is 8.78. The number of rotatable bonds is 6. The fourth-order valence-electron chi connectivity index (χ4n) is 4.03. The van der Waals surface area contributed by atoms with Crippen LogP contribution in [0.25, 0.3) is 0 Å². The van der Waals surface area contributed by atoms with Gasteiger partial charge in [0, 0.05) is 19.3 Å². The molecule has 0 fully saturated rings. The summed E-state index contributed by atoms with van der Waals surface area (Å²) in [6.45, 7) is 5.31. The molecule has 0 spiro atoms. The molecule has 0 unspecified atom stereocenters. The molecule has 2 aliphatic rings. The summed E-state index contributed by atoms with van der Waals surface area (Å²) in [6, 6.07) is 6.04. The van der Waals surface area contributed by atoms with E-state index in [2.05, 4.69) is 40.5 Å². The van der Waals surface area contributed by atoms with Crippen molar-refractivity contribution in [1.82, 2.24) is 9.97 Å². The summed E-state index contributed by atoms with van der Waals surface area (Å²) in [5.41, 5.74) is 4.64. The molecule has 0 saturated carbocycles. The Morgan fingerprint density at radius 3 is 2.71 bits per heavy atom. The van der Waals surface area contributed by atoms with E-state index in [0.29, 0.717) is 0 Å². The molecular formula is C23H29N5O2S. The van der Waals surface area contributed by atoms with Gasteiger partial charge in [-0.1, -0.05) is 31.7 Å². The third-order valence-electron chi connectivity index (χ3n) is 5.51. The van der Waals surface area contributed by atoms with Crippen LogP contribution in [-0.4, -0.2) is 43.5 Å². The van der Waals surface area contributed by atoms with Crippen LogP contribution >= 0.6 is 11.8 Å². The molecule has 7 nitrogen and oxygen atoms in total. The maximum Gasteiger partial charge on any atom is 0.160 e. The van der Waals surface area contributed by atoms with Gasteiger partial charge < -0.3 is 20.1 Å². The second-order valence-corrected chi connectivity index (χ2v) is 9.47. The number of ether oxygens (including phenoxy) is 2. The highest BCUT2D eigenvalue weighted by Crippen LogP contribution is 2.49. The Labute approximate surface area is 187 Å². The lowest BCUT2D eigenvalue weighted by Gasteiger charge is -2.37. The number of hydrogen-bond acceptors (Lipinski definition) is 8. The van der Waals surface area contributed by atoms with Crippen LogP contribution in [-0.2, 0) is 6.42 Å². The van der Waals surface area contributed by atoms with Crippen molar-refractivity contribution in [3.63, 3.8) is 0 Å². The number of thioether (sulfide) groups is 1. The molecule has 1 aliphatic heterocycles. The number of methoxy groups -OCH3 is 2. The van der Waals surface area contributed by atoms with E-state index in [1.165, 1.54) is 16.2 Å². The molecule has 0 atom stereocenters. The number of aliphatic imine (C=N–C) groups is 1. The second-order valence-electron chi connectivity index (χ2n) is 8.47. The first-order valence-electron chi connectivity index (χ1n) is 10.4. The Kier molecular flexibility index (Phi) is 6.09. The van der Waals surface area contributed by atoms with Crippen LogP contribution in [0.4, 0.5) is 11.5 Å². The Morgan fingerprint density at radius 1 is 1.16 bits per heavy atom. The predicted octanol–water partition coefficient (Wildman–Crippen LogP) is 4.77. The zero-order chi connectivity index (χ0) is 22.0.